The molecule has 0 atom stereocenters. The highest BCUT2D eigenvalue weighted by atomic mass is 35.5. The van der Waals surface area contributed by atoms with E-state index < -0.39 is 0 Å². The van der Waals surface area contributed by atoms with Crippen molar-refractivity contribution < 1.29 is 4.79 Å². The standard InChI is InChI=1S/C17H15ClN6O/c1-12(14-8-5-9-15(18)10-14)19-20-16(25)11-24-22-17(21-23-24)13-6-3-2-4-7-13/h2-10H,11H2,1H3,(H,20,25)/b19-12-. The van der Waals surface area contributed by atoms with E-state index >= 15 is 0 Å². The number of nitrogens with zero attached hydrogens (tertiary/aromatic N) is 5. The van der Waals surface area contributed by atoms with E-state index in [1.54, 1.807) is 19.1 Å². The van der Waals surface area contributed by atoms with Gasteiger partial charge < -0.3 is 0 Å². The molecule has 0 aliphatic rings. The zero-order chi connectivity index (χ0) is 17.6. The average Bonchev–Trinajstić information content (AvgIpc) is 3.09. The zero-order valence-corrected chi connectivity index (χ0v) is 14.2. The maximum Gasteiger partial charge on any atom is 0.263 e. The van der Waals surface area contributed by atoms with Crippen molar-refractivity contribution in [1.29, 1.82) is 0 Å². The van der Waals surface area contributed by atoms with Crippen LogP contribution in [0.2, 0.25) is 5.02 Å². The van der Waals surface area contributed by atoms with Crippen LogP contribution >= 0.6 is 11.6 Å². The Balaban J connectivity index is 1.61. The van der Waals surface area contributed by atoms with Crippen molar-refractivity contribution in [1.82, 2.24) is 25.6 Å². The lowest BCUT2D eigenvalue weighted by Gasteiger charge is -2.03. The Labute approximate surface area is 149 Å². The monoisotopic (exact) mass is 354 g/mol. The second-order valence-corrected chi connectivity index (χ2v) is 5.69. The maximum absolute atomic E-state index is 12.0. The van der Waals surface area contributed by atoms with Gasteiger partial charge in [-0.3, -0.25) is 4.79 Å². The second-order valence-electron chi connectivity index (χ2n) is 5.25. The molecular formula is C17H15ClN6O. The van der Waals surface area contributed by atoms with Crippen molar-refractivity contribution in [2.45, 2.75) is 13.5 Å². The van der Waals surface area contributed by atoms with Gasteiger partial charge in [0.2, 0.25) is 5.82 Å². The first kappa shape index (κ1) is 16.8. The van der Waals surface area contributed by atoms with E-state index in [1.165, 1.54) is 4.80 Å². The fraction of sp³-hybridized carbons (Fsp3) is 0.118. The molecule has 1 amide bonds. The highest BCUT2D eigenvalue weighted by molar-refractivity contribution is 6.31. The van der Waals surface area contributed by atoms with E-state index in [-0.39, 0.29) is 12.5 Å². The topological polar surface area (TPSA) is 85.1 Å². The largest absolute Gasteiger partial charge is 0.271 e. The lowest BCUT2D eigenvalue weighted by atomic mass is 10.1. The number of carbonyl (C=O) groups is 1. The number of tetrazole rings is 1. The molecule has 0 radical (unpaired) electrons. The Hall–Kier alpha value is -3.06. The van der Waals surface area contributed by atoms with Crippen LogP contribution in [0.4, 0.5) is 0 Å². The summed E-state index contributed by atoms with van der Waals surface area (Å²) in [5.41, 5.74) is 4.79. The van der Waals surface area contributed by atoms with Gasteiger partial charge in [0.25, 0.3) is 5.91 Å². The maximum atomic E-state index is 12.0. The van der Waals surface area contributed by atoms with Gasteiger partial charge >= 0.3 is 0 Å². The molecule has 0 spiro atoms. The van der Waals surface area contributed by atoms with Crippen molar-refractivity contribution >= 4 is 23.2 Å². The lowest BCUT2D eigenvalue weighted by Crippen LogP contribution is -2.25. The molecule has 0 unspecified atom stereocenters. The quantitative estimate of drug-likeness (QED) is 0.563. The molecule has 8 heteroatoms. The predicted octanol–water partition coefficient (Wildman–Crippen LogP) is 2.53. The summed E-state index contributed by atoms with van der Waals surface area (Å²) in [7, 11) is 0. The first-order valence-electron chi connectivity index (χ1n) is 7.54. The van der Waals surface area contributed by atoms with Crippen LogP contribution in [0, 0.1) is 0 Å². The molecule has 3 aromatic rings. The number of amides is 1. The van der Waals surface area contributed by atoms with Crippen LogP contribution in [-0.4, -0.2) is 31.8 Å². The van der Waals surface area contributed by atoms with Gasteiger partial charge in [-0.2, -0.15) is 9.90 Å². The predicted molar refractivity (Wildman–Crippen MR) is 95.1 cm³/mol. The van der Waals surface area contributed by atoms with Crippen LogP contribution in [-0.2, 0) is 11.3 Å². The molecule has 1 N–H and O–H groups in total. The van der Waals surface area contributed by atoms with E-state index in [9.17, 15) is 4.79 Å². The van der Waals surface area contributed by atoms with Crippen LogP contribution < -0.4 is 5.43 Å². The fourth-order valence-electron chi connectivity index (χ4n) is 2.10. The summed E-state index contributed by atoms with van der Waals surface area (Å²) >= 11 is 5.94. The van der Waals surface area contributed by atoms with Crippen LogP contribution in [0.15, 0.2) is 59.7 Å². The van der Waals surface area contributed by atoms with Gasteiger partial charge in [-0.1, -0.05) is 54.1 Å². The smallest absolute Gasteiger partial charge is 0.263 e. The number of aromatic nitrogens is 4. The van der Waals surface area contributed by atoms with E-state index in [0.29, 0.717) is 16.6 Å². The molecule has 7 nitrogen and oxygen atoms in total. The minimum absolute atomic E-state index is 0.0772. The molecule has 0 saturated heterocycles. The van der Waals surface area contributed by atoms with Crippen molar-refractivity contribution in [2.75, 3.05) is 0 Å². The van der Waals surface area contributed by atoms with Gasteiger partial charge in [0.05, 0.1) is 5.71 Å². The molecule has 1 aromatic heterocycles. The zero-order valence-electron chi connectivity index (χ0n) is 13.4. The van der Waals surface area contributed by atoms with Gasteiger partial charge in [-0.25, -0.2) is 5.43 Å². The minimum Gasteiger partial charge on any atom is -0.271 e. The average molecular weight is 355 g/mol. The number of hydrogen-bond acceptors (Lipinski definition) is 5. The highest BCUT2D eigenvalue weighted by Crippen LogP contribution is 2.12. The molecule has 1 heterocycles. The third kappa shape index (κ3) is 4.48. The van der Waals surface area contributed by atoms with Gasteiger partial charge in [-0.05, 0) is 29.8 Å². The van der Waals surface area contributed by atoms with Gasteiger partial charge in [-0.15, -0.1) is 10.2 Å². The molecule has 126 valence electrons. The fourth-order valence-corrected chi connectivity index (χ4v) is 2.29. The highest BCUT2D eigenvalue weighted by Gasteiger charge is 2.09. The van der Waals surface area contributed by atoms with Crippen molar-refractivity contribution in [3.63, 3.8) is 0 Å². The molecule has 3 rings (SSSR count). The van der Waals surface area contributed by atoms with Crippen molar-refractivity contribution in [3.05, 3.63) is 65.2 Å². The third-order valence-electron chi connectivity index (χ3n) is 3.36. The summed E-state index contributed by atoms with van der Waals surface area (Å²) in [4.78, 5) is 13.2. The van der Waals surface area contributed by atoms with E-state index in [1.807, 2.05) is 42.5 Å². The number of hydrogen-bond donors (Lipinski definition) is 1. The Bertz CT molecular complexity index is 906. The normalized spacial score (nSPS) is 11.4. The molecule has 0 bridgehead atoms. The van der Waals surface area contributed by atoms with Crippen LogP contribution in [0.1, 0.15) is 12.5 Å². The van der Waals surface area contributed by atoms with Gasteiger partial charge in [0.1, 0.15) is 6.54 Å². The summed E-state index contributed by atoms with van der Waals surface area (Å²) in [6.45, 7) is 1.71. The van der Waals surface area contributed by atoms with Crippen molar-refractivity contribution in [2.24, 2.45) is 5.10 Å². The number of nitrogens with one attached hydrogen (secondary N) is 1. The Morgan fingerprint density at radius 1 is 1.20 bits per heavy atom. The number of hydrazone groups is 1. The molecule has 0 aliphatic heterocycles. The number of halogens is 1. The number of rotatable bonds is 5. The molecular weight excluding hydrogens is 340 g/mol. The first-order chi connectivity index (χ1) is 12.1. The van der Waals surface area contributed by atoms with E-state index in [2.05, 4.69) is 25.9 Å². The summed E-state index contributed by atoms with van der Waals surface area (Å²) in [6, 6.07) is 16.7. The van der Waals surface area contributed by atoms with Gasteiger partial charge in [0, 0.05) is 10.6 Å². The molecule has 25 heavy (non-hydrogen) atoms. The molecule has 0 aliphatic carbocycles. The molecule has 0 fully saturated rings. The third-order valence-corrected chi connectivity index (χ3v) is 3.60. The SMILES string of the molecule is C/C(=N/NC(=O)Cn1nnc(-c2ccccc2)n1)c1cccc(Cl)c1. The van der Waals surface area contributed by atoms with Crippen LogP contribution in [0.5, 0.6) is 0 Å². The minimum atomic E-state index is -0.349. The van der Waals surface area contributed by atoms with Crippen LogP contribution in [0.25, 0.3) is 11.4 Å². The van der Waals surface area contributed by atoms with E-state index in [4.69, 9.17) is 11.6 Å². The summed E-state index contributed by atoms with van der Waals surface area (Å²) in [5.74, 6) is 0.116. The first-order valence-corrected chi connectivity index (χ1v) is 7.92. The second kappa shape index (κ2) is 7.67. The Kier molecular flexibility index (Phi) is 5.15. The van der Waals surface area contributed by atoms with Gasteiger partial charge in [0.15, 0.2) is 0 Å². The summed E-state index contributed by atoms with van der Waals surface area (Å²) in [5, 5.41) is 16.7. The van der Waals surface area contributed by atoms with Crippen molar-refractivity contribution in [3.8, 4) is 11.4 Å². The lowest BCUT2D eigenvalue weighted by molar-refractivity contribution is -0.122. The van der Waals surface area contributed by atoms with Crippen LogP contribution in [0.3, 0.4) is 0 Å². The Morgan fingerprint density at radius 2 is 2.00 bits per heavy atom. The Morgan fingerprint density at radius 3 is 2.76 bits per heavy atom. The van der Waals surface area contributed by atoms with E-state index in [0.717, 1.165) is 11.1 Å². The molecule has 2 aromatic carbocycles. The summed E-state index contributed by atoms with van der Waals surface area (Å²) in [6.07, 6.45) is 0. The molecule has 0 saturated carbocycles. The summed E-state index contributed by atoms with van der Waals surface area (Å²) < 4.78 is 0. The number of benzene rings is 2. The number of carbonyl (C=O) groups excluding carboxylic acids is 1.